The molecule has 27 heavy (non-hydrogen) atoms. The molecule has 0 aliphatic rings. The highest BCUT2D eigenvalue weighted by Gasteiger charge is 2.22. The zero-order valence-electron chi connectivity index (χ0n) is 17.6. The molecule has 0 aromatic heterocycles. The lowest BCUT2D eigenvalue weighted by molar-refractivity contribution is -0.209. The zero-order valence-corrected chi connectivity index (χ0v) is 18.4. The lowest BCUT2D eigenvalue weighted by Crippen LogP contribution is -2.32. The molecule has 0 spiro atoms. The summed E-state index contributed by atoms with van der Waals surface area (Å²) in [6.45, 7) is 8.20. The lowest BCUT2D eigenvalue weighted by atomic mass is 9.97. The van der Waals surface area contributed by atoms with Gasteiger partial charge >= 0.3 is 0 Å². The summed E-state index contributed by atoms with van der Waals surface area (Å²) in [7, 11) is 3.23. The van der Waals surface area contributed by atoms with E-state index in [0.717, 1.165) is 12.8 Å². The van der Waals surface area contributed by atoms with E-state index in [1.54, 1.807) is 20.3 Å². The van der Waals surface area contributed by atoms with E-state index < -0.39 is 5.79 Å². The molecule has 0 aromatic rings. The minimum absolute atomic E-state index is 0.0258. The normalized spacial score (nSPS) is 17.0. The molecule has 0 fully saturated rings. The average molecular weight is 405 g/mol. The van der Waals surface area contributed by atoms with Gasteiger partial charge in [-0.3, -0.25) is 0 Å². The predicted molar refractivity (Wildman–Crippen MR) is 111 cm³/mol. The third kappa shape index (κ3) is 13.2. The monoisotopic (exact) mass is 404 g/mol. The molecule has 0 heterocycles. The smallest absolute Gasteiger partial charge is 0.163 e. The Morgan fingerprint density at radius 2 is 1.93 bits per heavy atom. The molecule has 158 valence electrons. The van der Waals surface area contributed by atoms with Gasteiger partial charge in [-0.05, 0) is 33.6 Å². The van der Waals surface area contributed by atoms with Crippen molar-refractivity contribution in [2.24, 2.45) is 5.92 Å². The van der Waals surface area contributed by atoms with Crippen molar-refractivity contribution in [3.63, 3.8) is 0 Å². The fraction of sp³-hybridized carbons (Fsp3) is 0.714. The van der Waals surface area contributed by atoms with Crippen LogP contribution in [-0.2, 0) is 18.9 Å². The van der Waals surface area contributed by atoms with Crippen molar-refractivity contribution in [3.8, 4) is 0 Å². The second kappa shape index (κ2) is 15.3. The van der Waals surface area contributed by atoms with Crippen molar-refractivity contribution >= 4 is 11.6 Å². The first-order valence-corrected chi connectivity index (χ1v) is 9.84. The van der Waals surface area contributed by atoms with E-state index in [9.17, 15) is 0 Å². The Kier molecular flexibility index (Phi) is 14.9. The van der Waals surface area contributed by atoms with Crippen LogP contribution in [0.1, 0.15) is 40.5 Å². The molecule has 1 unspecified atom stereocenters. The maximum Gasteiger partial charge on any atom is 0.163 e. The molecule has 0 bridgehead atoms. The number of rotatable bonds is 15. The quantitative estimate of drug-likeness (QED) is 0.189. The lowest BCUT2D eigenvalue weighted by Gasteiger charge is -2.27. The van der Waals surface area contributed by atoms with Gasteiger partial charge in [0, 0.05) is 20.1 Å². The summed E-state index contributed by atoms with van der Waals surface area (Å²) in [5.74, 6) is -0.102. The second-order valence-corrected chi connectivity index (χ2v) is 7.24. The molecule has 0 aliphatic carbocycles. The van der Waals surface area contributed by atoms with Gasteiger partial charge in [-0.2, -0.15) is 0 Å². The highest BCUT2D eigenvalue weighted by atomic mass is 35.5. The first-order valence-electron chi connectivity index (χ1n) is 9.30. The molecule has 0 aromatic carbocycles. The van der Waals surface area contributed by atoms with E-state index in [0.29, 0.717) is 5.88 Å². The molecule has 0 amide bonds. The molecule has 6 heteroatoms. The summed E-state index contributed by atoms with van der Waals surface area (Å²) in [6, 6.07) is 0. The molecule has 0 radical (unpaired) electrons. The van der Waals surface area contributed by atoms with Gasteiger partial charge in [-0.1, -0.05) is 42.9 Å². The Balaban J connectivity index is 4.82. The number of halogens is 1. The van der Waals surface area contributed by atoms with Gasteiger partial charge in [0.25, 0.3) is 0 Å². The standard InChI is InChI=1S/C21H37ClO5/c1-17(14-19(15-22)27-21(3,4)25-6)11-12-20(26-16-24-5)18(2)10-8-7-9-13-23/h7-10,14,18-20,23H,11-13,15-16H2,1-6H3/b9-7-,10-8+,17-14-/t18-,19?,20-/m1/s1. The fourth-order valence-corrected chi connectivity index (χ4v) is 2.60. The van der Waals surface area contributed by atoms with Crippen molar-refractivity contribution in [2.75, 3.05) is 33.5 Å². The molecule has 5 nitrogen and oxygen atoms in total. The van der Waals surface area contributed by atoms with Crippen LogP contribution >= 0.6 is 11.6 Å². The predicted octanol–water partition coefficient (Wildman–Crippen LogP) is 4.45. The van der Waals surface area contributed by atoms with Crippen molar-refractivity contribution in [3.05, 3.63) is 36.0 Å². The first-order chi connectivity index (χ1) is 12.8. The van der Waals surface area contributed by atoms with Crippen LogP contribution in [0.5, 0.6) is 0 Å². The summed E-state index contributed by atoms with van der Waals surface area (Å²) in [6.07, 6.45) is 11.1. The van der Waals surface area contributed by atoms with Gasteiger partial charge in [0.05, 0.1) is 24.7 Å². The average Bonchev–Trinajstić information content (AvgIpc) is 2.64. The van der Waals surface area contributed by atoms with E-state index in [1.165, 1.54) is 5.57 Å². The Morgan fingerprint density at radius 1 is 1.22 bits per heavy atom. The Hall–Kier alpha value is -0.690. The summed E-state index contributed by atoms with van der Waals surface area (Å²) >= 11 is 6.04. The van der Waals surface area contributed by atoms with Crippen LogP contribution in [0.15, 0.2) is 36.0 Å². The number of aliphatic hydroxyl groups is 1. The SMILES string of the molecule is COCO[C@H](CC/C(C)=C\C(CCl)OC(C)(C)OC)[C@H](C)/C=C/C=C\CO. The number of aliphatic hydroxyl groups excluding tert-OH is 1. The number of hydrogen-bond acceptors (Lipinski definition) is 5. The molecular formula is C21H37ClO5. The van der Waals surface area contributed by atoms with Gasteiger partial charge in [0.2, 0.25) is 0 Å². The Labute approximate surface area is 170 Å². The van der Waals surface area contributed by atoms with E-state index in [1.807, 2.05) is 32.1 Å². The van der Waals surface area contributed by atoms with Crippen LogP contribution in [0.3, 0.4) is 0 Å². The van der Waals surface area contributed by atoms with E-state index >= 15 is 0 Å². The van der Waals surface area contributed by atoms with Crippen molar-refractivity contribution in [1.82, 2.24) is 0 Å². The Morgan fingerprint density at radius 3 is 2.48 bits per heavy atom. The number of methoxy groups -OCH3 is 2. The van der Waals surface area contributed by atoms with Crippen LogP contribution in [0.4, 0.5) is 0 Å². The van der Waals surface area contributed by atoms with E-state index in [2.05, 4.69) is 19.9 Å². The maximum atomic E-state index is 8.79. The van der Waals surface area contributed by atoms with Crippen molar-refractivity contribution in [1.29, 1.82) is 0 Å². The molecule has 0 saturated heterocycles. The van der Waals surface area contributed by atoms with Crippen molar-refractivity contribution in [2.45, 2.75) is 58.5 Å². The van der Waals surface area contributed by atoms with Crippen LogP contribution in [0.25, 0.3) is 0 Å². The largest absolute Gasteiger partial charge is 0.392 e. The van der Waals surface area contributed by atoms with Gasteiger partial charge < -0.3 is 24.1 Å². The van der Waals surface area contributed by atoms with Crippen LogP contribution in [-0.4, -0.2) is 56.6 Å². The summed E-state index contributed by atoms with van der Waals surface area (Å²) in [5, 5.41) is 8.79. The van der Waals surface area contributed by atoms with Crippen LogP contribution in [0.2, 0.25) is 0 Å². The number of allylic oxidation sites excluding steroid dienone is 3. The molecule has 0 saturated carbocycles. The highest BCUT2D eigenvalue weighted by molar-refractivity contribution is 6.18. The summed E-state index contributed by atoms with van der Waals surface area (Å²) in [5.41, 5.74) is 1.19. The number of alkyl halides is 1. The minimum Gasteiger partial charge on any atom is -0.392 e. The third-order valence-corrected chi connectivity index (χ3v) is 4.43. The molecule has 0 aliphatic heterocycles. The highest BCUT2D eigenvalue weighted by Crippen LogP contribution is 2.21. The van der Waals surface area contributed by atoms with Crippen LogP contribution in [0, 0.1) is 5.92 Å². The molecule has 0 rings (SSSR count). The topological polar surface area (TPSA) is 57.2 Å². The van der Waals surface area contributed by atoms with Gasteiger partial charge in [-0.25, -0.2) is 0 Å². The van der Waals surface area contributed by atoms with Crippen LogP contribution < -0.4 is 0 Å². The molecular weight excluding hydrogens is 368 g/mol. The Bertz CT molecular complexity index is 459. The molecule has 3 atom stereocenters. The number of ether oxygens (including phenoxy) is 4. The first kappa shape index (κ1) is 26.3. The molecule has 1 N–H and O–H groups in total. The van der Waals surface area contributed by atoms with Gasteiger partial charge in [-0.15, -0.1) is 11.6 Å². The third-order valence-electron chi connectivity index (χ3n) is 4.13. The van der Waals surface area contributed by atoms with E-state index in [4.69, 9.17) is 35.7 Å². The zero-order chi connectivity index (χ0) is 20.7. The maximum absolute atomic E-state index is 8.79. The summed E-state index contributed by atoms with van der Waals surface area (Å²) in [4.78, 5) is 0. The van der Waals surface area contributed by atoms with Crippen molar-refractivity contribution < 1.29 is 24.1 Å². The van der Waals surface area contributed by atoms with Gasteiger partial charge in [0.15, 0.2) is 5.79 Å². The van der Waals surface area contributed by atoms with E-state index in [-0.39, 0.29) is 31.5 Å². The summed E-state index contributed by atoms with van der Waals surface area (Å²) < 4.78 is 22.1. The fourth-order valence-electron chi connectivity index (χ4n) is 2.45. The second-order valence-electron chi connectivity index (χ2n) is 6.93. The van der Waals surface area contributed by atoms with Gasteiger partial charge in [0.1, 0.15) is 6.79 Å². The number of hydrogen-bond donors (Lipinski definition) is 1. The minimum atomic E-state index is -0.679.